The smallest absolute Gasteiger partial charge is 0.334 e. The van der Waals surface area contributed by atoms with Crippen LogP contribution >= 0.6 is 11.6 Å². The van der Waals surface area contributed by atoms with E-state index in [-0.39, 0.29) is 23.7 Å². The zero-order chi connectivity index (χ0) is 19.5. The van der Waals surface area contributed by atoms with Gasteiger partial charge >= 0.3 is 18.4 Å². The Bertz CT molecular complexity index is 651. The van der Waals surface area contributed by atoms with Crippen LogP contribution in [0.5, 0.6) is 0 Å². The predicted molar refractivity (Wildman–Crippen MR) is 81.3 cm³/mol. The van der Waals surface area contributed by atoms with Crippen LogP contribution in [0.4, 0.5) is 37.0 Å². The van der Waals surface area contributed by atoms with Crippen molar-refractivity contribution in [2.75, 3.05) is 5.43 Å². The molecule has 1 heterocycles. The van der Waals surface area contributed by atoms with Crippen LogP contribution in [-0.2, 0) is 6.18 Å². The molecule has 146 valence electrons. The largest absolute Gasteiger partial charge is 0.417 e. The van der Waals surface area contributed by atoms with E-state index in [1.807, 2.05) is 0 Å². The highest BCUT2D eigenvalue weighted by molar-refractivity contribution is 6.33. The summed E-state index contributed by atoms with van der Waals surface area (Å²) in [4.78, 5) is 15.2. The molecule has 2 rings (SSSR count). The summed E-state index contributed by atoms with van der Waals surface area (Å²) < 4.78 is 75.7. The van der Waals surface area contributed by atoms with E-state index in [4.69, 9.17) is 11.6 Å². The van der Waals surface area contributed by atoms with E-state index in [2.05, 4.69) is 21.2 Å². The molecule has 26 heavy (non-hydrogen) atoms. The second-order valence-electron chi connectivity index (χ2n) is 5.88. The summed E-state index contributed by atoms with van der Waals surface area (Å²) in [5.41, 5.74) is 3.26. The number of carbonyl (C=O) groups is 1. The summed E-state index contributed by atoms with van der Waals surface area (Å²) in [6.45, 7) is 0. The van der Waals surface area contributed by atoms with Crippen molar-refractivity contribution in [3.63, 3.8) is 0 Å². The van der Waals surface area contributed by atoms with Gasteiger partial charge in [-0.25, -0.2) is 9.78 Å². The van der Waals surface area contributed by atoms with Crippen LogP contribution in [0.3, 0.4) is 0 Å². The van der Waals surface area contributed by atoms with Crippen molar-refractivity contribution in [1.82, 2.24) is 15.7 Å². The predicted octanol–water partition coefficient (Wildman–Crippen LogP) is 4.50. The minimum atomic E-state index is -4.62. The van der Waals surface area contributed by atoms with Gasteiger partial charge in [0, 0.05) is 12.2 Å². The van der Waals surface area contributed by atoms with E-state index in [1.54, 1.807) is 0 Å². The Balaban J connectivity index is 1.87. The number of carbonyl (C=O) groups excluding carboxylic acids is 1. The Labute approximate surface area is 149 Å². The number of alkyl halides is 6. The van der Waals surface area contributed by atoms with Crippen molar-refractivity contribution in [2.45, 2.75) is 44.1 Å². The highest BCUT2D eigenvalue weighted by Gasteiger charge is 2.42. The molecule has 1 aliphatic rings. The average Bonchev–Trinajstić information content (AvgIpc) is 2.52. The molecule has 1 fully saturated rings. The Morgan fingerprint density at radius 2 is 1.88 bits per heavy atom. The monoisotopic (exact) mass is 404 g/mol. The topological polar surface area (TPSA) is 66.0 Å². The maximum atomic E-state index is 12.7. The summed E-state index contributed by atoms with van der Waals surface area (Å²) in [6, 6.07) is -0.866. The quantitative estimate of drug-likeness (QED) is 0.513. The third kappa shape index (κ3) is 5.55. The number of aromatic nitrogens is 1. The summed E-state index contributed by atoms with van der Waals surface area (Å²) in [5.74, 6) is -1.70. The van der Waals surface area contributed by atoms with Gasteiger partial charge < -0.3 is 5.32 Å². The zero-order valence-corrected chi connectivity index (χ0v) is 13.9. The number of hydrazine groups is 1. The first kappa shape index (κ1) is 20.4. The number of nitrogens with zero attached hydrogens (tertiary/aromatic N) is 1. The van der Waals surface area contributed by atoms with Crippen molar-refractivity contribution < 1.29 is 31.1 Å². The number of rotatable bonds is 3. The van der Waals surface area contributed by atoms with Crippen LogP contribution in [0.2, 0.25) is 5.02 Å². The van der Waals surface area contributed by atoms with Crippen molar-refractivity contribution >= 4 is 23.4 Å². The van der Waals surface area contributed by atoms with Gasteiger partial charge in [0.15, 0.2) is 5.82 Å². The summed E-state index contributed by atoms with van der Waals surface area (Å²) in [6.07, 6.45) is -7.87. The Morgan fingerprint density at radius 1 is 1.19 bits per heavy atom. The average molecular weight is 405 g/mol. The van der Waals surface area contributed by atoms with Gasteiger partial charge in [0.2, 0.25) is 0 Å². The number of urea groups is 1. The molecule has 1 aliphatic carbocycles. The second-order valence-corrected chi connectivity index (χ2v) is 6.28. The number of amides is 2. The number of anilines is 1. The lowest BCUT2D eigenvalue weighted by molar-refractivity contribution is -0.183. The van der Waals surface area contributed by atoms with Gasteiger partial charge in [-0.05, 0) is 25.3 Å². The third-order valence-electron chi connectivity index (χ3n) is 3.94. The van der Waals surface area contributed by atoms with Crippen LogP contribution in [-0.4, -0.2) is 23.2 Å². The van der Waals surface area contributed by atoms with Crippen molar-refractivity contribution in [3.8, 4) is 0 Å². The lowest BCUT2D eigenvalue weighted by Gasteiger charge is -2.31. The van der Waals surface area contributed by atoms with Gasteiger partial charge in [0.05, 0.1) is 16.5 Å². The van der Waals surface area contributed by atoms with Gasteiger partial charge in [0.25, 0.3) is 0 Å². The highest BCUT2D eigenvalue weighted by atomic mass is 35.5. The molecule has 2 unspecified atom stereocenters. The lowest BCUT2D eigenvalue weighted by atomic mass is 9.85. The number of halogens is 7. The number of pyridine rings is 1. The Hall–Kier alpha value is -1.91. The van der Waals surface area contributed by atoms with Crippen molar-refractivity contribution in [2.24, 2.45) is 5.92 Å². The zero-order valence-electron chi connectivity index (χ0n) is 13.1. The fourth-order valence-corrected chi connectivity index (χ4v) is 2.85. The molecule has 0 aliphatic heterocycles. The molecule has 1 aromatic rings. The fourth-order valence-electron chi connectivity index (χ4n) is 2.64. The molecule has 0 radical (unpaired) electrons. The normalized spacial score (nSPS) is 21.2. The maximum absolute atomic E-state index is 12.7. The molecule has 1 aromatic heterocycles. The van der Waals surface area contributed by atoms with Crippen LogP contribution in [0.1, 0.15) is 31.2 Å². The minimum Gasteiger partial charge on any atom is -0.334 e. The van der Waals surface area contributed by atoms with Gasteiger partial charge in [-0.3, -0.25) is 10.9 Å². The van der Waals surface area contributed by atoms with E-state index in [1.165, 1.54) is 0 Å². The van der Waals surface area contributed by atoms with E-state index in [0.29, 0.717) is 25.1 Å². The molecule has 0 bridgehead atoms. The van der Waals surface area contributed by atoms with Gasteiger partial charge in [-0.15, -0.1) is 0 Å². The van der Waals surface area contributed by atoms with E-state index in [0.717, 1.165) is 0 Å². The summed E-state index contributed by atoms with van der Waals surface area (Å²) >= 11 is 5.66. The second kappa shape index (κ2) is 7.77. The summed E-state index contributed by atoms with van der Waals surface area (Å²) in [5, 5.41) is 2.00. The number of nitrogens with one attached hydrogen (secondary N) is 3. The van der Waals surface area contributed by atoms with Crippen LogP contribution < -0.4 is 16.2 Å². The molecule has 3 N–H and O–H groups in total. The SMILES string of the molecule is O=C(NNc1ncc(C(F)(F)F)cc1Cl)NC1CCCC(C(F)(F)F)C1. The standard InChI is InChI=1S/C14H15ClF6N4O/c15-10-5-8(14(19,20)21)6-22-11(10)24-25-12(26)23-9-3-1-2-7(4-9)13(16,17)18/h5-7,9H,1-4H2,(H,22,24)(H2,23,25,26). The minimum absolute atomic E-state index is 0.0205. The molecule has 0 saturated heterocycles. The van der Waals surface area contributed by atoms with Crippen LogP contribution in [0.15, 0.2) is 12.3 Å². The molecule has 2 atom stereocenters. The third-order valence-corrected chi connectivity index (χ3v) is 4.22. The molecule has 12 heteroatoms. The molecule has 0 spiro atoms. The van der Waals surface area contributed by atoms with Crippen molar-refractivity contribution in [3.05, 3.63) is 22.8 Å². The molecular weight excluding hydrogens is 390 g/mol. The summed E-state index contributed by atoms with van der Waals surface area (Å²) in [7, 11) is 0. The molecule has 0 aromatic carbocycles. The number of hydrogen-bond acceptors (Lipinski definition) is 3. The van der Waals surface area contributed by atoms with Gasteiger partial charge in [-0.2, -0.15) is 26.3 Å². The fraction of sp³-hybridized carbons (Fsp3) is 0.571. The van der Waals surface area contributed by atoms with Gasteiger partial charge in [0.1, 0.15) is 0 Å². The van der Waals surface area contributed by atoms with E-state index in [9.17, 15) is 31.1 Å². The molecule has 2 amide bonds. The first-order valence-corrected chi connectivity index (χ1v) is 7.96. The Morgan fingerprint density at radius 3 is 2.46 bits per heavy atom. The molecular formula is C14H15ClF6N4O. The number of hydrogen-bond donors (Lipinski definition) is 3. The van der Waals surface area contributed by atoms with Crippen LogP contribution in [0, 0.1) is 5.92 Å². The van der Waals surface area contributed by atoms with Crippen LogP contribution in [0.25, 0.3) is 0 Å². The maximum Gasteiger partial charge on any atom is 0.417 e. The van der Waals surface area contributed by atoms with E-state index < -0.39 is 35.9 Å². The first-order valence-electron chi connectivity index (χ1n) is 7.59. The Kier molecular flexibility index (Phi) is 6.09. The first-order chi connectivity index (χ1) is 12.0. The molecule has 1 saturated carbocycles. The highest BCUT2D eigenvalue weighted by Crippen LogP contribution is 2.37. The van der Waals surface area contributed by atoms with E-state index >= 15 is 0 Å². The lowest BCUT2D eigenvalue weighted by Crippen LogP contribution is -2.47. The van der Waals surface area contributed by atoms with Gasteiger partial charge in [-0.1, -0.05) is 18.0 Å². The molecule has 5 nitrogen and oxygen atoms in total. The van der Waals surface area contributed by atoms with Crippen molar-refractivity contribution in [1.29, 1.82) is 0 Å².